The molecule has 3 N–H and O–H groups in total. The largest absolute Gasteiger partial charge is 0.325 e. The Labute approximate surface area is 121 Å². The Balaban J connectivity index is 0.00000400. The van der Waals surface area contributed by atoms with Gasteiger partial charge in [0.2, 0.25) is 10.0 Å². The molecule has 12 heteroatoms. The molecule has 4 nitrogen and oxygen atoms in total. The summed E-state index contributed by atoms with van der Waals surface area (Å²) < 4.78 is 102. The molecule has 0 unspecified atom stereocenters. The van der Waals surface area contributed by atoms with Crippen LogP contribution in [0.15, 0.2) is 11.0 Å². The van der Waals surface area contributed by atoms with E-state index in [0.29, 0.717) is 0 Å². The van der Waals surface area contributed by atoms with Crippen molar-refractivity contribution in [2.24, 2.45) is 5.73 Å². The van der Waals surface area contributed by atoms with Crippen LogP contribution in [0.2, 0.25) is 0 Å². The molecule has 0 fully saturated rings. The van der Waals surface area contributed by atoms with Crippen LogP contribution in [0, 0.1) is 23.3 Å². The molecule has 0 amide bonds. The fraction of sp³-hybridized carbons (Fsp3) is 0.333. The van der Waals surface area contributed by atoms with Gasteiger partial charge in [-0.1, -0.05) is 0 Å². The molecule has 1 aromatic rings. The van der Waals surface area contributed by atoms with Crippen molar-refractivity contribution >= 4 is 22.4 Å². The zero-order valence-corrected chi connectivity index (χ0v) is 11.6. The van der Waals surface area contributed by atoms with Crippen molar-refractivity contribution in [3.8, 4) is 0 Å². The lowest BCUT2D eigenvalue weighted by molar-refractivity contribution is 0.0170. The van der Waals surface area contributed by atoms with E-state index in [1.807, 2.05) is 0 Å². The van der Waals surface area contributed by atoms with Crippen LogP contribution in [0.4, 0.5) is 26.3 Å². The van der Waals surface area contributed by atoms with Gasteiger partial charge in [0.1, 0.15) is 0 Å². The van der Waals surface area contributed by atoms with Crippen molar-refractivity contribution < 1.29 is 34.8 Å². The number of alkyl halides is 2. The average Bonchev–Trinajstić information content (AvgIpc) is 2.34. The first-order valence-corrected chi connectivity index (χ1v) is 6.40. The van der Waals surface area contributed by atoms with Crippen LogP contribution in [-0.4, -0.2) is 27.4 Å². The summed E-state index contributed by atoms with van der Waals surface area (Å²) in [5.41, 5.74) is 4.63. The SMILES string of the molecule is Cl.NCC(F)(F)CNS(=O)(=O)c1c(F)c(F)cc(F)c1F. The molecule has 0 aliphatic rings. The van der Waals surface area contributed by atoms with Crippen molar-refractivity contribution in [2.75, 3.05) is 13.1 Å². The predicted octanol–water partition coefficient (Wildman–Crippen LogP) is 1.54. The van der Waals surface area contributed by atoms with Gasteiger partial charge in [-0.05, 0) is 0 Å². The second-order valence-corrected chi connectivity index (χ2v) is 5.39. The highest BCUT2D eigenvalue weighted by Crippen LogP contribution is 2.24. The monoisotopic (exact) mass is 358 g/mol. The van der Waals surface area contributed by atoms with Crippen molar-refractivity contribution in [3.05, 3.63) is 29.3 Å². The molecule has 0 heterocycles. The molecule has 1 aromatic carbocycles. The summed E-state index contributed by atoms with van der Waals surface area (Å²) in [6.07, 6.45) is 0. The van der Waals surface area contributed by atoms with E-state index in [9.17, 15) is 34.8 Å². The first-order chi connectivity index (χ1) is 9.02. The first kappa shape index (κ1) is 20.0. The molecule has 1 rings (SSSR count). The fourth-order valence-electron chi connectivity index (χ4n) is 1.13. The second kappa shape index (κ2) is 6.81. The van der Waals surface area contributed by atoms with Crippen molar-refractivity contribution in [1.29, 1.82) is 0 Å². The van der Waals surface area contributed by atoms with Crippen molar-refractivity contribution in [1.82, 2.24) is 4.72 Å². The molecule has 122 valence electrons. The molecule has 0 radical (unpaired) electrons. The topological polar surface area (TPSA) is 72.2 Å². The van der Waals surface area contributed by atoms with Gasteiger partial charge in [-0.15, -0.1) is 12.4 Å². The maximum Gasteiger partial charge on any atom is 0.273 e. The number of halogens is 7. The van der Waals surface area contributed by atoms with Crippen molar-refractivity contribution in [2.45, 2.75) is 10.8 Å². The minimum absolute atomic E-state index is 0. The van der Waals surface area contributed by atoms with Gasteiger partial charge in [-0.2, -0.15) is 0 Å². The van der Waals surface area contributed by atoms with Gasteiger partial charge in [0.25, 0.3) is 5.92 Å². The molecule has 21 heavy (non-hydrogen) atoms. The Hall–Kier alpha value is -1.04. The normalized spacial score (nSPS) is 12.1. The highest BCUT2D eigenvalue weighted by Gasteiger charge is 2.34. The van der Waals surface area contributed by atoms with Crippen LogP contribution in [0.3, 0.4) is 0 Å². The molecule has 0 saturated heterocycles. The Morgan fingerprint density at radius 3 is 1.90 bits per heavy atom. The van der Waals surface area contributed by atoms with E-state index in [1.165, 1.54) is 0 Å². The van der Waals surface area contributed by atoms with Gasteiger partial charge < -0.3 is 5.73 Å². The maximum absolute atomic E-state index is 13.2. The molecular formula is C9H9ClF6N2O2S. The lowest BCUT2D eigenvalue weighted by Crippen LogP contribution is -2.42. The van der Waals surface area contributed by atoms with E-state index >= 15 is 0 Å². The molecule has 0 bridgehead atoms. The zero-order valence-electron chi connectivity index (χ0n) is 9.97. The van der Waals surface area contributed by atoms with Gasteiger partial charge in [0, 0.05) is 6.07 Å². The third-order valence-corrected chi connectivity index (χ3v) is 3.58. The smallest absolute Gasteiger partial charge is 0.273 e. The lowest BCUT2D eigenvalue weighted by atomic mass is 10.3. The molecule has 0 atom stereocenters. The number of hydrogen-bond donors (Lipinski definition) is 2. The number of rotatable bonds is 5. The van der Waals surface area contributed by atoms with Crippen LogP contribution in [0.1, 0.15) is 0 Å². The van der Waals surface area contributed by atoms with Crippen molar-refractivity contribution in [3.63, 3.8) is 0 Å². The number of hydrogen-bond acceptors (Lipinski definition) is 3. The van der Waals surface area contributed by atoms with Crippen LogP contribution in [0.5, 0.6) is 0 Å². The maximum atomic E-state index is 13.2. The summed E-state index contributed by atoms with van der Waals surface area (Å²) in [5.74, 6) is -12.1. The Morgan fingerprint density at radius 1 is 1.10 bits per heavy atom. The third-order valence-electron chi connectivity index (χ3n) is 2.16. The van der Waals surface area contributed by atoms with Gasteiger partial charge >= 0.3 is 0 Å². The summed E-state index contributed by atoms with van der Waals surface area (Å²) >= 11 is 0. The highest BCUT2D eigenvalue weighted by molar-refractivity contribution is 7.89. The lowest BCUT2D eigenvalue weighted by Gasteiger charge is -2.15. The van der Waals surface area contributed by atoms with E-state index in [0.717, 1.165) is 4.72 Å². The van der Waals surface area contributed by atoms with Crippen LogP contribution in [-0.2, 0) is 10.0 Å². The number of nitrogens with two attached hydrogens (primary N) is 1. The molecule has 0 aromatic heterocycles. The summed E-state index contributed by atoms with van der Waals surface area (Å²) in [7, 11) is -5.23. The van der Waals surface area contributed by atoms with E-state index in [-0.39, 0.29) is 18.5 Å². The van der Waals surface area contributed by atoms with E-state index in [1.54, 1.807) is 0 Å². The summed E-state index contributed by atoms with van der Waals surface area (Å²) in [4.78, 5) is -2.01. The Bertz CT molecular complexity index is 599. The van der Waals surface area contributed by atoms with Crippen LogP contribution >= 0.6 is 12.4 Å². The average molecular weight is 359 g/mol. The summed E-state index contributed by atoms with van der Waals surface area (Å²) in [6, 6.07) is -0.210. The zero-order chi connectivity index (χ0) is 15.7. The van der Waals surface area contributed by atoms with E-state index < -0.39 is 57.2 Å². The summed E-state index contributed by atoms with van der Waals surface area (Å²) in [6.45, 7) is -2.82. The van der Waals surface area contributed by atoms with Gasteiger partial charge in [0.15, 0.2) is 28.2 Å². The van der Waals surface area contributed by atoms with E-state index in [4.69, 9.17) is 0 Å². The number of nitrogens with one attached hydrogen (secondary N) is 1. The molecular weight excluding hydrogens is 350 g/mol. The minimum Gasteiger partial charge on any atom is -0.325 e. The Morgan fingerprint density at radius 2 is 1.52 bits per heavy atom. The standard InChI is InChI=1S/C9H8F6N2O2S.ClH/c10-4-1-5(11)7(13)8(6(4)12)20(18,19)17-3-9(14,15)2-16;/h1,17H,2-3,16H2;1H. The van der Waals surface area contributed by atoms with Crippen LogP contribution in [0.25, 0.3) is 0 Å². The molecule has 0 aliphatic heterocycles. The van der Waals surface area contributed by atoms with Gasteiger partial charge in [-0.25, -0.2) is 39.5 Å². The van der Waals surface area contributed by atoms with Gasteiger partial charge in [-0.3, -0.25) is 0 Å². The van der Waals surface area contributed by atoms with E-state index in [2.05, 4.69) is 5.73 Å². The Kier molecular flexibility index (Phi) is 6.48. The minimum atomic E-state index is -5.23. The summed E-state index contributed by atoms with van der Waals surface area (Å²) in [5, 5.41) is 0. The quantitative estimate of drug-likeness (QED) is 0.619. The second-order valence-electron chi connectivity index (χ2n) is 3.68. The molecule has 0 saturated carbocycles. The fourth-order valence-corrected chi connectivity index (χ4v) is 2.34. The van der Waals surface area contributed by atoms with Gasteiger partial charge in [0.05, 0.1) is 13.1 Å². The third kappa shape index (κ3) is 4.46. The number of benzene rings is 1. The molecule has 0 spiro atoms. The number of sulfonamides is 1. The van der Waals surface area contributed by atoms with Crippen LogP contribution < -0.4 is 10.5 Å². The predicted molar refractivity (Wildman–Crippen MR) is 62.7 cm³/mol. The molecule has 0 aliphatic carbocycles. The highest BCUT2D eigenvalue weighted by atomic mass is 35.5. The first-order valence-electron chi connectivity index (χ1n) is 4.92.